The van der Waals surface area contributed by atoms with Gasteiger partial charge in [0.05, 0.1) is 15.6 Å². The van der Waals surface area contributed by atoms with Gasteiger partial charge in [0, 0.05) is 23.6 Å². The first-order valence-electron chi connectivity index (χ1n) is 4.58. The number of nitrogens with two attached hydrogens (primary N) is 1. The number of rotatable bonds is 1. The van der Waals surface area contributed by atoms with E-state index in [-0.39, 0.29) is 6.54 Å². The second kappa shape index (κ2) is 4.15. The monoisotopic (exact) mass is 263 g/mol. The van der Waals surface area contributed by atoms with Crippen molar-refractivity contribution in [3.63, 3.8) is 0 Å². The minimum atomic E-state index is -0.855. The van der Waals surface area contributed by atoms with Gasteiger partial charge in [0.15, 0.2) is 0 Å². The molecule has 2 nitrogen and oxygen atoms in total. The smallest absolute Gasteiger partial charge is 0.0903 e. The fourth-order valence-corrected chi connectivity index (χ4v) is 3.22. The third kappa shape index (κ3) is 2.12. The Bertz CT molecular complexity index is 399. The van der Waals surface area contributed by atoms with Crippen LogP contribution in [0.1, 0.15) is 5.56 Å². The summed E-state index contributed by atoms with van der Waals surface area (Å²) in [4.78, 5) is 1.09. The lowest BCUT2D eigenvalue weighted by molar-refractivity contribution is 0.0723. The molecule has 0 bridgehead atoms. The quantitative estimate of drug-likeness (QED) is 0.818. The molecular formula is C10H11Cl2NOS. The molecular weight excluding hydrogens is 253 g/mol. The number of benzene rings is 1. The molecule has 1 heterocycles. The van der Waals surface area contributed by atoms with Crippen LogP contribution in [-0.4, -0.2) is 23.0 Å². The molecule has 2 rings (SSSR count). The summed E-state index contributed by atoms with van der Waals surface area (Å²) in [6.45, 7) is 0.238. The first kappa shape index (κ1) is 11.6. The fourth-order valence-electron chi connectivity index (χ4n) is 1.60. The van der Waals surface area contributed by atoms with Crippen molar-refractivity contribution in [3.05, 3.63) is 27.7 Å². The van der Waals surface area contributed by atoms with Crippen molar-refractivity contribution in [2.45, 2.75) is 16.9 Å². The Morgan fingerprint density at radius 2 is 2.20 bits per heavy atom. The summed E-state index contributed by atoms with van der Waals surface area (Å²) in [6.07, 6.45) is 0.477. The molecule has 0 saturated carbocycles. The Hall–Kier alpha value is 0.0700. The van der Waals surface area contributed by atoms with Gasteiger partial charge in [-0.1, -0.05) is 23.2 Å². The Balaban J connectivity index is 2.44. The van der Waals surface area contributed by atoms with Gasteiger partial charge >= 0.3 is 0 Å². The molecule has 0 amide bonds. The van der Waals surface area contributed by atoms with Crippen molar-refractivity contribution in [3.8, 4) is 0 Å². The highest BCUT2D eigenvalue weighted by molar-refractivity contribution is 7.99. The van der Waals surface area contributed by atoms with E-state index in [4.69, 9.17) is 28.9 Å². The molecule has 0 fully saturated rings. The summed E-state index contributed by atoms with van der Waals surface area (Å²) in [6, 6.07) is 3.72. The number of thioether (sulfide) groups is 1. The number of hydrogen-bond acceptors (Lipinski definition) is 3. The minimum absolute atomic E-state index is 0.238. The van der Waals surface area contributed by atoms with Crippen molar-refractivity contribution in [1.82, 2.24) is 0 Å². The van der Waals surface area contributed by atoms with Crippen LogP contribution >= 0.6 is 35.0 Å². The molecule has 1 aliphatic heterocycles. The topological polar surface area (TPSA) is 46.2 Å². The number of halogens is 2. The van der Waals surface area contributed by atoms with Crippen molar-refractivity contribution >= 4 is 35.0 Å². The number of hydrogen-bond donors (Lipinski definition) is 2. The Labute approximate surface area is 103 Å². The second-order valence-electron chi connectivity index (χ2n) is 3.73. The summed E-state index contributed by atoms with van der Waals surface area (Å²) in [5, 5.41) is 11.2. The molecule has 1 aromatic carbocycles. The van der Waals surface area contributed by atoms with Crippen LogP contribution < -0.4 is 5.73 Å². The minimum Gasteiger partial charge on any atom is -0.387 e. The van der Waals surface area contributed by atoms with Gasteiger partial charge in [-0.3, -0.25) is 0 Å². The van der Waals surface area contributed by atoms with E-state index >= 15 is 0 Å². The van der Waals surface area contributed by atoms with Gasteiger partial charge in [0.1, 0.15) is 0 Å². The molecule has 1 aliphatic rings. The molecule has 1 unspecified atom stereocenters. The van der Waals surface area contributed by atoms with Crippen molar-refractivity contribution in [2.24, 2.45) is 5.73 Å². The van der Waals surface area contributed by atoms with Crippen molar-refractivity contribution in [2.75, 3.05) is 12.3 Å². The molecule has 1 aromatic rings. The zero-order chi connectivity index (χ0) is 11.1. The standard InChI is InChI=1S/C10H11Cl2NOS/c11-7-1-2-8-6(9(7)12)3-10(14,4-13)5-15-8/h1-2,14H,3-5,13H2. The largest absolute Gasteiger partial charge is 0.387 e. The highest BCUT2D eigenvalue weighted by Crippen LogP contribution is 2.40. The SMILES string of the molecule is NCC1(O)CSc2ccc(Cl)c(Cl)c2C1. The van der Waals surface area contributed by atoms with Gasteiger partial charge in [0.2, 0.25) is 0 Å². The van der Waals surface area contributed by atoms with Crippen LogP contribution in [0.2, 0.25) is 10.0 Å². The molecule has 1 atom stereocenters. The van der Waals surface area contributed by atoms with Gasteiger partial charge in [-0.05, 0) is 17.7 Å². The first-order valence-corrected chi connectivity index (χ1v) is 6.32. The van der Waals surface area contributed by atoms with Gasteiger partial charge in [-0.25, -0.2) is 0 Å². The summed E-state index contributed by atoms with van der Waals surface area (Å²) in [7, 11) is 0. The zero-order valence-corrected chi connectivity index (χ0v) is 10.3. The van der Waals surface area contributed by atoms with Gasteiger partial charge in [0.25, 0.3) is 0 Å². The third-order valence-electron chi connectivity index (χ3n) is 2.54. The maximum absolute atomic E-state index is 10.1. The highest BCUT2D eigenvalue weighted by Gasteiger charge is 2.32. The first-order chi connectivity index (χ1) is 7.06. The van der Waals surface area contributed by atoms with E-state index in [1.807, 2.05) is 6.07 Å². The Kier molecular flexibility index (Phi) is 3.20. The van der Waals surface area contributed by atoms with Gasteiger partial charge in [-0.2, -0.15) is 0 Å². The van der Waals surface area contributed by atoms with Crippen LogP contribution in [-0.2, 0) is 6.42 Å². The summed E-state index contributed by atoms with van der Waals surface area (Å²) < 4.78 is 0. The molecule has 3 N–H and O–H groups in total. The van der Waals surface area contributed by atoms with Crippen molar-refractivity contribution < 1.29 is 5.11 Å². The second-order valence-corrected chi connectivity index (χ2v) is 5.53. The third-order valence-corrected chi connectivity index (χ3v) is 4.75. The summed E-state index contributed by atoms with van der Waals surface area (Å²) in [5.74, 6) is 0.606. The predicted octanol–water partition coefficient (Wildman–Crippen LogP) is 2.33. The van der Waals surface area contributed by atoms with Crippen LogP contribution in [0.15, 0.2) is 17.0 Å². The van der Waals surface area contributed by atoms with E-state index in [2.05, 4.69) is 0 Å². The highest BCUT2D eigenvalue weighted by atomic mass is 35.5. The normalized spacial score (nSPS) is 25.1. The van der Waals surface area contributed by atoms with Crippen LogP contribution in [0.4, 0.5) is 0 Å². The van der Waals surface area contributed by atoms with Crippen LogP contribution in [0, 0.1) is 0 Å². The van der Waals surface area contributed by atoms with E-state index in [1.54, 1.807) is 17.8 Å². The van der Waals surface area contributed by atoms with E-state index in [9.17, 15) is 5.11 Å². The molecule has 0 saturated heterocycles. The lowest BCUT2D eigenvalue weighted by atomic mass is 9.96. The van der Waals surface area contributed by atoms with E-state index < -0.39 is 5.60 Å². The summed E-state index contributed by atoms with van der Waals surface area (Å²) in [5.41, 5.74) is 5.60. The zero-order valence-electron chi connectivity index (χ0n) is 7.96. The molecule has 82 valence electrons. The van der Waals surface area contributed by atoms with Crippen molar-refractivity contribution in [1.29, 1.82) is 0 Å². The van der Waals surface area contributed by atoms with Crippen LogP contribution in [0.5, 0.6) is 0 Å². The fraction of sp³-hybridized carbons (Fsp3) is 0.400. The molecule has 15 heavy (non-hydrogen) atoms. The summed E-state index contributed by atoms with van der Waals surface area (Å²) >= 11 is 13.6. The van der Waals surface area contributed by atoms with Gasteiger partial charge < -0.3 is 10.8 Å². The average molecular weight is 264 g/mol. The lowest BCUT2D eigenvalue weighted by Gasteiger charge is -2.32. The molecule has 5 heteroatoms. The van der Waals surface area contributed by atoms with Crippen LogP contribution in [0.3, 0.4) is 0 Å². The van der Waals surface area contributed by atoms with E-state index in [1.165, 1.54) is 0 Å². The maximum Gasteiger partial charge on any atom is 0.0903 e. The number of fused-ring (bicyclic) bond motifs is 1. The number of aliphatic hydroxyl groups is 1. The van der Waals surface area contributed by atoms with Gasteiger partial charge in [-0.15, -0.1) is 11.8 Å². The molecule has 0 radical (unpaired) electrons. The van der Waals surface area contributed by atoms with E-state index in [0.29, 0.717) is 22.2 Å². The van der Waals surface area contributed by atoms with Crippen LogP contribution in [0.25, 0.3) is 0 Å². The molecule has 0 aromatic heterocycles. The predicted molar refractivity (Wildman–Crippen MR) is 64.9 cm³/mol. The lowest BCUT2D eigenvalue weighted by Crippen LogP contribution is -2.44. The average Bonchev–Trinajstić information content (AvgIpc) is 2.25. The van der Waals surface area contributed by atoms with E-state index in [0.717, 1.165) is 10.5 Å². The Morgan fingerprint density at radius 1 is 1.47 bits per heavy atom. The Morgan fingerprint density at radius 3 is 2.87 bits per heavy atom. The molecule has 0 aliphatic carbocycles. The maximum atomic E-state index is 10.1. The molecule has 0 spiro atoms.